The van der Waals surface area contributed by atoms with Gasteiger partial charge in [0.15, 0.2) is 5.82 Å². The molecule has 1 aromatic heterocycles. The van der Waals surface area contributed by atoms with Gasteiger partial charge in [-0.1, -0.05) is 36.4 Å². The summed E-state index contributed by atoms with van der Waals surface area (Å²) in [6.07, 6.45) is 6.82. The monoisotopic (exact) mass is 496 g/mol. The molecule has 0 spiro atoms. The number of carbonyl (C=O) groups excluding carboxylic acids is 2. The van der Waals surface area contributed by atoms with Gasteiger partial charge in [0.25, 0.3) is 0 Å². The summed E-state index contributed by atoms with van der Waals surface area (Å²) in [5, 5.41) is 26.3. The Morgan fingerprint density at radius 1 is 1.17 bits per heavy atom. The fourth-order valence-electron chi connectivity index (χ4n) is 4.46. The maximum absolute atomic E-state index is 12.9. The number of fused-ring (bicyclic) bond motifs is 1. The van der Waals surface area contributed by atoms with E-state index in [2.05, 4.69) is 32.2 Å². The highest BCUT2D eigenvalue weighted by molar-refractivity contribution is 5.85. The Kier molecular flexibility index (Phi) is 8.66. The van der Waals surface area contributed by atoms with E-state index in [0.29, 0.717) is 18.2 Å². The number of alkyl carbamates (subject to hydrolysis) is 1. The van der Waals surface area contributed by atoms with Crippen LogP contribution in [0.3, 0.4) is 0 Å². The highest BCUT2D eigenvalue weighted by Gasteiger charge is 2.31. The Labute approximate surface area is 209 Å². The molecule has 0 bridgehead atoms. The van der Waals surface area contributed by atoms with Crippen LogP contribution in [0, 0.1) is 5.92 Å². The molecule has 4 N–H and O–H groups in total. The van der Waals surface area contributed by atoms with Gasteiger partial charge in [0, 0.05) is 13.1 Å². The quantitative estimate of drug-likeness (QED) is 0.410. The zero-order valence-electron chi connectivity index (χ0n) is 20.1. The molecule has 192 valence electrons. The van der Waals surface area contributed by atoms with Gasteiger partial charge in [-0.05, 0) is 56.3 Å². The van der Waals surface area contributed by atoms with Crippen LogP contribution in [0.5, 0.6) is 0 Å². The zero-order valence-corrected chi connectivity index (χ0v) is 20.1. The molecule has 2 atom stereocenters. The number of nitrogens with one attached hydrogen (secondary N) is 3. The van der Waals surface area contributed by atoms with Crippen molar-refractivity contribution in [3.8, 4) is 0 Å². The Morgan fingerprint density at radius 3 is 2.69 bits per heavy atom. The number of carboxylic acids is 1. The molecule has 3 heterocycles. The van der Waals surface area contributed by atoms with Crippen molar-refractivity contribution >= 4 is 24.0 Å². The molecule has 36 heavy (non-hydrogen) atoms. The maximum Gasteiger partial charge on any atom is 0.408 e. The summed E-state index contributed by atoms with van der Waals surface area (Å²) in [7, 11) is 0. The lowest BCUT2D eigenvalue weighted by Gasteiger charge is -2.23. The van der Waals surface area contributed by atoms with Gasteiger partial charge in [0.1, 0.15) is 18.5 Å². The van der Waals surface area contributed by atoms with Gasteiger partial charge in [-0.15, -0.1) is 10.2 Å². The van der Waals surface area contributed by atoms with Crippen molar-refractivity contribution in [1.82, 2.24) is 30.7 Å². The van der Waals surface area contributed by atoms with Crippen molar-refractivity contribution in [2.75, 3.05) is 19.6 Å². The Balaban J connectivity index is 1.31. The lowest BCUT2D eigenvalue weighted by molar-refractivity contribution is -0.139. The molecule has 11 nitrogen and oxygen atoms in total. The molecule has 1 unspecified atom stereocenters. The number of carbonyl (C=O) groups is 3. The molecule has 1 fully saturated rings. The first-order chi connectivity index (χ1) is 17.5. The number of hydrogen-bond acceptors (Lipinski definition) is 7. The summed E-state index contributed by atoms with van der Waals surface area (Å²) in [6, 6.07) is 7.72. The van der Waals surface area contributed by atoms with Crippen molar-refractivity contribution in [3.63, 3.8) is 0 Å². The van der Waals surface area contributed by atoms with E-state index in [4.69, 9.17) is 4.74 Å². The zero-order chi connectivity index (χ0) is 25.3. The van der Waals surface area contributed by atoms with E-state index in [1.807, 2.05) is 28.8 Å². The largest absolute Gasteiger partial charge is 0.480 e. The first-order valence-electron chi connectivity index (χ1n) is 12.3. The van der Waals surface area contributed by atoms with Crippen molar-refractivity contribution in [1.29, 1.82) is 0 Å². The number of piperidine rings is 1. The number of rotatable bonds is 9. The minimum atomic E-state index is -1.33. The van der Waals surface area contributed by atoms with Crippen LogP contribution in [0.15, 0.2) is 36.4 Å². The smallest absolute Gasteiger partial charge is 0.408 e. The number of hydrogen-bond donors (Lipinski definition) is 4. The minimum absolute atomic E-state index is 0.0114. The average Bonchev–Trinajstić information content (AvgIpc) is 3.32. The van der Waals surface area contributed by atoms with E-state index >= 15 is 0 Å². The van der Waals surface area contributed by atoms with Crippen LogP contribution in [0.4, 0.5) is 4.79 Å². The molecule has 11 heteroatoms. The summed E-state index contributed by atoms with van der Waals surface area (Å²) in [5.74, 6) is -0.349. The predicted octanol–water partition coefficient (Wildman–Crippen LogP) is 1.66. The highest BCUT2D eigenvalue weighted by atomic mass is 16.5. The molecule has 2 aromatic rings. The van der Waals surface area contributed by atoms with Crippen molar-refractivity contribution in [2.45, 2.75) is 50.8 Å². The van der Waals surface area contributed by atoms with Crippen LogP contribution in [-0.4, -0.2) is 63.5 Å². The summed E-state index contributed by atoms with van der Waals surface area (Å²) in [4.78, 5) is 36.7. The second-order valence-electron chi connectivity index (χ2n) is 9.05. The number of ether oxygens (including phenoxy) is 1. The van der Waals surface area contributed by atoms with Crippen LogP contribution in [0.2, 0.25) is 0 Å². The number of aromatic nitrogens is 3. The van der Waals surface area contributed by atoms with Gasteiger partial charge in [-0.2, -0.15) is 0 Å². The fraction of sp³-hybridized carbons (Fsp3) is 0.480. The Morgan fingerprint density at radius 2 is 1.94 bits per heavy atom. The second-order valence-corrected chi connectivity index (χ2v) is 9.05. The number of carboxylic acid groups (broad SMARTS) is 1. The number of allylic oxidation sites excluding steroid dienone is 1. The number of aliphatic carboxylic acids is 1. The van der Waals surface area contributed by atoms with Gasteiger partial charge < -0.3 is 30.4 Å². The molecule has 2 aliphatic rings. The minimum Gasteiger partial charge on any atom is -0.480 e. The Bertz CT molecular complexity index is 1080. The van der Waals surface area contributed by atoms with Gasteiger partial charge in [-0.3, -0.25) is 4.79 Å². The van der Waals surface area contributed by atoms with Crippen LogP contribution in [0.1, 0.15) is 48.8 Å². The van der Waals surface area contributed by atoms with E-state index in [1.54, 1.807) is 12.1 Å². The molecule has 0 radical (unpaired) electrons. The summed E-state index contributed by atoms with van der Waals surface area (Å²) in [6.45, 7) is 2.47. The van der Waals surface area contributed by atoms with Crippen molar-refractivity contribution in [2.24, 2.45) is 5.92 Å². The highest BCUT2D eigenvalue weighted by Crippen LogP contribution is 2.27. The number of benzene rings is 1. The van der Waals surface area contributed by atoms with Crippen LogP contribution in [0.25, 0.3) is 6.08 Å². The van der Waals surface area contributed by atoms with E-state index in [9.17, 15) is 19.5 Å². The molecule has 0 aliphatic carbocycles. The predicted molar refractivity (Wildman–Crippen MR) is 131 cm³/mol. The molecule has 4 rings (SSSR count). The average molecular weight is 497 g/mol. The number of nitrogens with zero attached hydrogens (tertiary/aromatic N) is 3. The van der Waals surface area contributed by atoms with Crippen LogP contribution in [-0.2, 0) is 27.5 Å². The normalized spacial score (nSPS) is 18.8. The van der Waals surface area contributed by atoms with E-state index in [0.717, 1.165) is 50.3 Å². The maximum atomic E-state index is 12.9. The third-order valence-corrected chi connectivity index (χ3v) is 6.50. The van der Waals surface area contributed by atoms with Crippen LogP contribution < -0.4 is 16.0 Å². The lowest BCUT2D eigenvalue weighted by atomic mass is 9.97. The lowest BCUT2D eigenvalue weighted by Crippen LogP contribution is -2.49. The fourth-order valence-corrected chi connectivity index (χ4v) is 4.46. The van der Waals surface area contributed by atoms with Gasteiger partial charge in [-0.25, -0.2) is 9.59 Å². The van der Waals surface area contributed by atoms with Gasteiger partial charge in [0.2, 0.25) is 5.91 Å². The molecule has 2 amide bonds. The van der Waals surface area contributed by atoms with Gasteiger partial charge >= 0.3 is 12.1 Å². The Hall–Kier alpha value is -3.73. The SMILES string of the molecule is O=C(N[C@@H](CNC(=O)C1CCCn2c(/C=C/C3CCNCC3)nnc21)C(=O)O)OCc1ccccc1. The second kappa shape index (κ2) is 12.3. The van der Waals surface area contributed by atoms with E-state index in [1.165, 1.54) is 0 Å². The third-order valence-electron chi connectivity index (χ3n) is 6.50. The van der Waals surface area contributed by atoms with Gasteiger partial charge in [0.05, 0.1) is 5.92 Å². The molecular weight excluding hydrogens is 464 g/mol. The third kappa shape index (κ3) is 6.69. The summed E-state index contributed by atoms with van der Waals surface area (Å²) >= 11 is 0. The number of amides is 2. The first-order valence-corrected chi connectivity index (χ1v) is 12.3. The van der Waals surface area contributed by atoms with Crippen molar-refractivity contribution in [3.05, 3.63) is 53.6 Å². The first kappa shape index (κ1) is 25.4. The molecule has 2 aliphatic heterocycles. The van der Waals surface area contributed by atoms with Crippen molar-refractivity contribution < 1.29 is 24.2 Å². The summed E-state index contributed by atoms with van der Waals surface area (Å²) in [5.41, 5.74) is 0.777. The molecule has 1 saturated heterocycles. The van der Waals surface area contributed by atoms with Crippen LogP contribution >= 0.6 is 0 Å². The topological polar surface area (TPSA) is 147 Å². The molecule has 0 saturated carbocycles. The van der Waals surface area contributed by atoms with E-state index in [-0.39, 0.29) is 19.1 Å². The molecular formula is C25H32N6O5. The molecule has 1 aromatic carbocycles. The summed E-state index contributed by atoms with van der Waals surface area (Å²) < 4.78 is 7.05. The standard InChI is InChI=1S/C25H32N6O5/c32-23(27-15-20(24(33)34)28-25(35)36-16-18-5-2-1-3-6-18)19-7-4-14-31-21(29-30-22(19)31)9-8-17-10-12-26-13-11-17/h1-3,5-6,8-9,17,19-20,26H,4,7,10-16H2,(H,27,32)(H,28,35)(H,33,34)/b9-8+/t19?,20-/m0/s1. The van der Waals surface area contributed by atoms with E-state index < -0.39 is 24.0 Å².